The Bertz CT molecular complexity index is 382. The topological polar surface area (TPSA) is 51.0 Å². The number of rotatable bonds is 7. The summed E-state index contributed by atoms with van der Waals surface area (Å²) in [6.07, 6.45) is 1.03. The third-order valence-corrected chi connectivity index (χ3v) is 2.78. The zero-order valence-electron chi connectivity index (χ0n) is 10.5. The molecule has 0 spiro atoms. The molecule has 1 unspecified atom stereocenters. The highest BCUT2D eigenvalue weighted by atomic mass is 79.9. The molecule has 0 heterocycles. The molecule has 0 fully saturated rings. The predicted molar refractivity (Wildman–Crippen MR) is 74.8 cm³/mol. The van der Waals surface area contributed by atoms with Gasteiger partial charge in [0.25, 0.3) is 0 Å². The Hall–Kier alpha value is -0.910. The molecular weight excluding hydrogens is 298 g/mol. The molecule has 0 aromatic heterocycles. The van der Waals surface area contributed by atoms with Gasteiger partial charge in [-0.25, -0.2) is 0 Å². The van der Waals surface area contributed by atoms with Gasteiger partial charge in [-0.2, -0.15) is 0 Å². The van der Waals surface area contributed by atoms with Crippen molar-refractivity contribution in [2.45, 2.75) is 26.1 Å². The van der Waals surface area contributed by atoms with Crippen LogP contribution in [0.4, 0.5) is 0 Å². The van der Waals surface area contributed by atoms with Gasteiger partial charge >= 0.3 is 0 Å². The van der Waals surface area contributed by atoms with Crippen LogP contribution in [0.1, 0.15) is 19.4 Å². The molecule has 0 saturated carbocycles. The number of halogens is 1. The molecule has 0 saturated heterocycles. The summed E-state index contributed by atoms with van der Waals surface area (Å²) in [6, 6.07) is 7.68. The third-order valence-electron chi connectivity index (χ3n) is 2.06. The average Bonchev–Trinajstić information content (AvgIpc) is 2.34. The van der Waals surface area contributed by atoms with Crippen LogP contribution in [0.5, 0.6) is 0 Å². The zero-order valence-corrected chi connectivity index (χ0v) is 12.1. The summed E-state index contributed by atoms with van der Waals surface area (Å²) < 4.78 is 6.19. The van der Waals surface area contributed by atoms with Gasteiger partial charge in [-0.05, 0) is 19.9 Å². The Balaban J connectivity index is 2.27. The van der Waals surface area contributed by atoms with Crippen LogP contribution < -0.4 is 0 Å². The molecule has 1 N–H and O–H groups in total. The molecule has 0 aliphatic heterocycles. The largest absolute Gasteiger partial charge is 0.393 e. The van der Waals surface area contributed by atoms with E-state index in [0.29, 0.717) is 0 Å². The fourth-order valence-corrected chi connectivity index (χ4v) is 1.54. The highest BCUT2D eigenvalue weighted by Crippen LogP contribution is 2.13. The van der Waals surface area contributed by atoms with Crippen molar-refractivity contribution in [1.29, 1.82) is 0 Å². The van der Waals surface area contributed by atoms with Crippen molar-refractivity contribution in [3.63, 3.8) is 0 Å². The van der Waals surface area contributed by atoms with Gasteiger partial charge in [0, 0.05) is 10.0 Å². The van der Waals surface area contributed by atoms with E-state index in [9.17, 15) is 5.11 Å². The van der Waals surface area contributed by atoms with Crippen LogP contribution in [-0.2, 0) is 9.57 Å². The number of aliphatic hydroxyl groups excluding tert-OH is 1. The van der Waals surface area contributed by atoms with Crippen molar-refractivity contribution in [1.82, 2.24) is 0 Å². The number of aliphatic hydroxyl groups is 1. The molecule has 4 nitrogen and oxygen atoms in total. The van der Waals surface area contributed by atoms with Gasteiger partial charge in [0.2, 0.25) is 0 Å². The van der Waals surface area contributed by atoms with Gasteiger partial charge in [-0.1, -0.05) is 39.3 Å². The maximum atomic E-state index is 9.52. The molecule has 1 aromatic rings. The van der Waals surface area contributed by atoms with E-state index in [1.165, 1.54) is 0 Å². The van der Waals surface area contributed by atoms with Crippen molar-refractivity contribution < 1.29 is 14.7 Å². The van der Waals surface area contributed by atoms with Gasteiger partial charge in [0.05, 0.1) is 18.9 Å². The number of ether oxygens (including phenoxy) is 1. The SMILES string of the molecule is CC(C)OCC(O)CO/N=C/c1ccccc1Br. The Labute approximate surface area is 116 Å². The summed E-state index contributed by atoms with van der Waals surface area (Å²) in [5.74, 6) is 0. The average molecular weight is 316 g/mol. The monoisotopic (exact) mass is 315 g/mol. The summed E-state index contributed by atoms with van der Waals surface area (Å²) in [5.41, 5.74) is 0.922. The fourth-order valence-electron chi connectivity index (χ4n) is 1.15. The molecule has 0 amide bonds. The van der Waals surface area contributed by atoms with Gasteiger partial charge in [-0.15, -0.1) is 0 Å². The van der Waals surface area contributed by atoms with E-state index in [1.54, 1.807) is 6.21 Å². The van der Waals surface area contributed by atoms with Gasteiger partial charge < -0.3 is 14.7 Å². The van der Waals surface area contributed by atoms with Crippen LogP contribution in [0.3, 0.4) is 0 Å². The lowest BCUT2D eigenvalue weighted by atomic mass is 10.2. The van der Waals surface area contributed by atoms with Crippen LogP contribution in [0, 0.1) is 0 Å². The van der Waals surface area contributed by atoms with Crippen molar-refractivity contribution in [2.75, 3.05) is 13.2 Å². The highest BCUT2D eigenvalue weighted by molar-refractivity contribution is 9.10. The second-order valence-corrected chi connectivity index (χ2v) is 4.94. The Morgan fingerprint density at radius 3 is 2.72 bits per heavy atom. The van der Waals surface area contributed by atoms with Gasteiger partial charge in [0.15, 0.2) is 0 Å². The Morgan fingerprint density at radius 2 is 2.06 bits per heavy atom. The summed E-state index contributed by atoms with van der Waals surface area (Å²) in [5, 5.41) is 13.3. The molecule has 1 aromatic carbocycles. The second kappa shape index (κ2) is 8.24. The summed E-state index contributed by atoms with van der Waals surface area (Å²) >= 11 is 3.40. The Morgan fingerprint density at radius 1 is 1.33 bits per heavy atom. The molecule has 100 valence electrons. The first-order valence-corrected chi connectivity index (χ1v) is 6.58. The van der Waals surface area contributed by atoms with Crippen LogP contribution in [0.25, 0.3) is 0 Å². The smallest absolute Gasteiger partial charge is 0.145 e. The maximum Gasteiger partial charge on any atom is 0.145 e. The first kappa shape index (κ1) is 15.1. The highest BCUT2D eigenvalue weighted by Gasteiger charge is 2.05. The fraction of sp³-hybridized carbons (Fsp3) is 0.462. The van der Waals surface area contributed by atoms with Crippen molar-refractivity contribution in [3.05, 3.63) is 34.3 Å². The van der Waals surface area contributed by atoms with Crippen LogP contribution >= 0.6 is 15.9 Å². The van der Waals surface area contributed by atoms with Crippen molar-refractivity contribution in [2.24, 2.45) is 5.16 Å². The molecular formula is C13H18BrNO3. The summed E-state index contributed by atoms with van der Waals surface area (Å²) in [7, 11) is 0. The molecule has 0 aliphatic carbocycles. The number of hydrogen-bond donors (Lipinski definition) is 1. The summed E-state index contributed by atoms with van der Waals surface area (Å²) in [4.78, 5) is 5.01. The van der Waals surface area contributed by atoms with Crippen LogP contribution in [-0.4, -0.2) is 36.7 Å². The van der Waals surface area contributed by atoms with E-state index in [4.69, 9.17) is 9.57 Å². The standard InChI is InChI=1S/C13H18BrNO3/c1-10(2)17-8-12(16)9-18-15-7-11-5-3-4-6-13(11)14/h3-7,10,12,16H,8-9H2,1-2H3/b15-7+. The molecule has 0 radical (unpaired) electrons. The lowest BCUT2D eigenvalue weighted by molar-refractivity contribution is -0.0343. The normalized spacial score (nSPS) is 13.2. The lowest BCUT2D eigenvalue weighted by Crippen LogP contribution is -2.22. The van der Waals surface area contributed by atoms with E-state index in [0.717, 1.165) is 10.0 Å². The number of nitrogens with zero attached hydrogens (tertiary/aromatic N) is 1. The lowest BCUT2D eigenvalue weighted by Gasteiger charge is -2.11. The Kier molecular flexibility index (Phi) is 6.93. The van der Waals surface area contributed by atoms with E-state index < -0.39 is 6.10 Å². The molecule has 18 heavy (non-hydrogen) atoms. The third kappa shape index (κ3) is 6.14. The number of benzene rings is 1. The second-order valence-electron chi connectivity index (χ2n) is 4.09. The maximum absolute atomic E-state index is 9.52. The molecule has 5 heteroatoms. The van der Waals surface area contributed by atoms with Crippen molar-refractivity contribution >= 4 is 22.1 Å². The minimum absolute atomic E-state index is 0.100. The van der Waals surface area contributed by atoms with Gasteiger partial charge in [-0.3, -0.25) is 0 Å². The molecule has 1 atom stereocenters. The van der Waals surface area contributed by atoms with E-state index >= 15 is 0 Å². The van der Waals surface area contributed by atoms with Crippen LogP contribution in [0.15, 0.2) is 33.9 Å². The molecule has 0 aliphatic rings. The predicted octanol–water partition coefficient (Wildman–Crippen LogP) is 2.59. The first-order valence-electron chi connectivity index (χ1n) is 5.79. The van der Waals surface area contributed by atoms with Crippen molar-refractivity contribution in [3.8, 4) is 0 Å². The molecule has 0 bridgehead atoms. The zero-order chi connectivity index (χ0) is 13.4. The first-order chi connectivity index (χ1) is 8.59. The van der Waals surface area contributed by atoms with Crippen LogP contribution in [0.2, 0.25) is 0 Å². The number of oxime groups is 1. The molecule has 1 rings (SSSR count). The number of hydrogen-bond acceptors (Lipinski definition) is 4. The minimum Gasteiger partial charge on any atom is -0.393 e. The quantitative estimate of drug-likeness (QED) is 0.621. The van der Waals surface area contributed by atoms with E-state index in [2.05, 4.69) is 21.1 Å². The summed E-state index contributed by atoms with van der Waals surface area (Å²) in [6.45, 7) is 4.20. The van der Waals surface area contributed by atoms with E-state index in [-0.39, 0.29) is 19.3 Å². The van der Waals surface area contributed by atoms with Gasteiger partial charge in [0.1, 0.15) is 12.7 Å². The minimum atomic E-state index is -0.663. The van der Waals surface area contributed by atoms with E-state index in [1.807, 2.05) is 38.1 Å².